The van der Waals surface area contributed by atoms with Crippen LogP contribution in [-0.4, -0.2) is 24.1 Å². The molecule has 0 spiro atoms. The number of carbonyl (C=O) groups excluding carboxylic acids is 1. The molecule has 5 nitrogen and oxygen atoms in total. The van der Waals surface area contributed by atoms with Crippen molar-refractivity contribution in [1.29, 1.82) is 0 Å². The maximum absolute atomic E-state index is 13.6. The Labute approximate surface area is 136 Å². The lowest BCUT2D eigenvalue weighted by Crippen LogP contribution is -2.23. The summed E-state index contributed by atoms with van der Waals surface area (Å²) < 4.78 is 47.2. The number of benzene rings is 1. The van der Waals surface area contributed by atoms with E-state index < -0.39 is 24.1 Å². The molecular formula is C16H15F3N2O3. The molecule has 0 aliphatic rings. The van der Waals surface area contributed by atoms with E-state index in [1.165, 1.54) is 6.07 Å². The normalized spacial score (nSPS) is 10.5. The summed E-state index contributed by atoms with van der Waals surface area (Å²) in [6.45, 7) is -0.725. The smallest absolute Gasteiger partial charge is 0.387 e. The lowest BCUT2D eigenvalue weighted by atomic mass is 10.2. The van der Waals surface area contributed by atoms with Crippen LogP contribution in [0.4, 0.5) is 13.2 Å². The van der Waals surface area contributed by atoms with Crippen molar-refractivity contribution < 1.29 is 27.4 Å². The van der Waals surface area contributed by atoms with E-state index in [0.29, 0.717) is 17.9 Å². The number of alkyl halides is 2. The average Bonchev–Trinajstić information content (AvgIpc) is 2.55. The van der Waals surface area contributed by atoms with Crippen molar-refractivity contribution in [1.82, 2.24) is 10.3 Å². The monoisotopic (exact) mass is 340 g/mol. The highest BCUT2D eigenvalue weighted by Crippen LogP contribution is 2.21. The van der Waals surface area contributed by atoms with Gasteiger partial charge in [-0.3, -0.25) is 9.78 Å². The van der Waals surface area contributed by atoms with Gasteiger partial charge >= 0.3 is 6.61 Å². The summed E-state index contributed by atoms with van der Waals surface area (Å²) >= 11 is 0. The fourth-order valence-corrected chi connectivity index (χ4v) is 1.95. The number of amides is 1. The number of aromatic nitrogens is 1. The third-order valence-electron chi connectivity index (χ3n) is 3.01. The van der Waals surface area contributed by atoms with E-state index in [4.69, 9.17) is 4.74 Å². The molecule has 0 saturated heterocycles. The molecule has 0 aliphatic carbocycles. The number of hydrogen-bond donors (Lipinski definition) is 1. The molecule has 1 heterocycles. The molecule has 0 radical (unpaired) electrons. The molecule has 0 saturated carbocycles. The maximum Gasteiger partial charge on any atom is 0.387 e. The van der Waals surface area contributed by atoms with Gasteiger partial charge in [0.15, 0.2) is 11.6 Å². The largest absolute Gasteiger partial charge is 0.493 e. The molecule has 1 amide bonds. The maximum atomic E-state index is 13.6. The third kappa shape index (κ3) is 4.61. The van der Waals surface area contributed by atoms with Gasteiger partial charge in [-0.2, -0.15) is 8.78 Å². The number of halogens is 3. The molecule has 0 unspecified atom stereocenters. The van der Waals surface area contributed by atoms with E-state index in [1.54, 1.807) is 18.5 Å². The summed E-state index contributed by atoms with van der Waals surface area (Å²) in [5, 5.41) is 2.59. The zero-order valence-corrected chi connectivity index (χ0v) is 12.8. The highest BCUT2D eigenvalue weighted by molar-refractivity contribution is 5.94. The van der Waals surface area contributed by atoms with Crippen LogP contribution >= 0.6 is 0 Å². The van der Waals surface area contributed by atoms with Crippen LogP contribution in [0.25, 0.3) is 0 Å². The number of hydrogen-bond acceptors (Lipinski definition) is 4. The van der Waals surface area contributed by atoms with Crippen molar-refractivity contribution >= 4 is 5.91 Å². The zero-order valence-electron chi connectivity index (χ0n) is 12.8. The van der Waals surface area contributed by atoms with Crippen molar-refractivity contribution in [3.63, 3.8) is 0 Å². The lowest BCUT2D eigenvalue weighted by molar-refractivity contribution is -0.0521. The molecule has 128 valence electrons. The van der Waals surface area contributed by atoms with Crippen molar-refractivity contribution in [3.8, 4) is 11.5 Å². The molecule has 0 fully saturated rings. The van der Waals surface area contributed by atoms with E-state index in [2.05, 4.69) is 15.0 Å². The topological polar surface area (TPSA) is 60.5 Å². The van der Waals surface area contributed by atoms with Gasteiger partial charge in [-0.25, -0.2) is 4.39 Å². The second-order valence-corrected chi connectivity index (χ2v) is 4.62. The Balaban J connectivity index is 2.04. The van der Waals surface area contributed by atoms with Crippen LogP contribution in [0.1, 0.15) is 22.8 Å². The standard InChI is InChI=1S/C16H15F3N2O3/c1-2-23-13-5-6-20-8-11(13)9-21-15(22)10-3-4-14(12(17)7-10)24-16(18)19/h3-8,16H,2,9H2,1H3,(H,21,22). The SMILES string of the molecule is CCOc1ccncc1CNC(=O)c1ccc(OC(F)F)c(F)c1. The first-order valence-electron chi connectivity index (χ1n) is 7.09. The van der Waals surface area contributed by atoms with Crippen molar-refractivity contribution in [3.05, 3.63) is 53.6 Å². The number of nitrogens with one attached hydrogen (secondary N) is 1. The summed E-state index contributed by atoms with van der Waals surface area (Å²) in [5.74, 6) is -1.64. The van der Waals surface area contributed by atoms with Gasteiger partial charge in [0.1, 0.15) is 5.75 Å². The van der Waals surface area contributed by atoms with Crippen LogP contribution < -0.4 is 14.8 Å². The van der Waals surface area contributed by atoms with E-state index in [1.807, 2.05) is 6.92 Å². The minimum atomic E-state index is -3.14. The fraction of sp³-hybridized carbons (Fsp3) is 0.250. The van der Waals surface area contributed by atoms with Crippen LogP contribution in [0.3, 0.4) is 0 Å². The highest BCUT2D eigenvalue weighted by atomic mass is 19.3. The van der Waals surface area contributed by atoms with Crippen LogP contribution in [0.5, 0.6) is 11.5 Å². The quantitative estimate of drug-likeness (QED) is 0.841. The van der Waals surface area contributed by atoms with Crippen LogP contribution in [-0.2, 0) is 6.54 Å². The molecule has 0 bridgehead atoms. The summed E-state index contributed by atoms with van der Waals surface area (Å²) in [6.07, 6.45) is 3.11. The predicted molar refractivity (Wildman–Crippen MR) is 79.6 cm³/mol. The number of rotatable bonds is 7. The molecule has 2 aromatic rings. The number of pyridine rings is 1. The molecule has 8 heteroatoms. The average molecular weight is 340 g/mol. The first-order chi connectivity index (χ1) is 11.5. The summed E-state index contributed by atoms with van der Waals surface area (Å²) in [7, 11) is 0. The van der Waals surface area contributed by atoms with Gasteiger partial charge in [0, 0.05) is 30.1 Å². The Morgan fingerprint density at radius 1 is 1.29 bits per heavy atom. The lowest BCUT2D eigenvalue weighted by Gasteiger charge is -2.11. The number of carbonyl (C=O) groups is 1. The molecule has 0 aliphatic heterocycles. The summed E-state index contributed by atoms with van der Waals surface area (Å²) in [4.78, 5) is 16.0. The molecule has 1 N–H and O–H groups in total. The van der Waals surface area contributed by atoms with E-state index in [0.717, 1.165) is 12.1 Å². The van der Waals surface area contributed by atoms with Crippen molar-refractivity contribution in [2.24, 2.45) is 0 Å². The summed E-state index contributed by atoms with van der Waals surface area (Å²) in [5.41, 5.74) is 0.641. The zero-order chi connectivity index (χ0) is 17.5. The van der Waals surface area contributed by atoms with Crippen LogP contribution in [0.2, 0.25) is 0 Å². The molecule has 2 rings (SSSR count). The Morgan fingerprint density at radius 2 is 2.08 bits per heavy atom. The first-order valence-corrected chi connectivity index (χ1v) is 7.09. The third-order valence-corrected chi connectivity index (χ3v) is 3.01. The fourth-order valence-electron chi connectivity index (χ4n) is 1.95. The Morgan fingerprint density at radius 3 is 2.75 bits per heavy atom. The van der Waals surface area contributed by atoms with Gasteiger partial charge in [0.05, 0.1) is 6.61 Å². The first kappa shape index (κ1) is 17.6. The Kier molecular flexibility index (Phi) is 6.00. The summed E-state index contributed by atoms with van der Waals surface area (Å²) in [6, 6.07) is 4.68. The Hall–Kier alpha value is -2.77. The predicted octanol–water partition coefficient (Wildman–Crippen LogP) is 3.15. The Bertz CT molecular complexity index is 711. The molecular weight excluding hydrogens is 325 g/mol. The van der Waals surface area contributed by atoms with E-state index >= 15 is 0 Å². The highest BCUT2D eigenvalue weighted by Gasteiger charge is 2.14. The van der Waals surface area contributed by atoms with Gasteiger partial charge in [-0.05, 0) is 31.2 Å². The van der Waals surface area contributed by atoms with E-state index in [9.17, 15) is 18.0 Å². The van der Waals surface area contributed by atoms with Crippen LogP contribution in [0, 0.1) is 5.82 Å². The van der Waals surface area contributed by atoms with Gasteiger partial charge < -0.3 is 14.8 Å². The number of ether oxygens (including phenoxy) is 2. The molecule has 24 heavy (non-hydrogen) atoms. The minimum Gasteiger partial charge on any atom is -0.493 e. The molecule has 1 aromatic carbocycles. The van der Waals surface area contributed by atoms with Gasteiger partial charge in [-0.1, -0.05) is 0 Å². The van der Waals surface area contributed by atoms with Gasteiger partial charge in [-0.15, -0.1) is 0 Å². The number of nitrogens with zero attached hydrogens (tertiary/aromatic N) is 1. The van der Waals surface area contributed by atoms with E-state index in [-0.39, 0.29) is 12.1 Å². The minimum absolute atomic E-state index is 0.0176. The van der Waals surface area contributed by atoms with Gasteiger partial charge in [0.25, 0.3) is 5.91 Å². The van der Waals surface area contributed by atoms with Crippen LogP contribution in [0.15, 0.2) is 36.7 Å². The van der Waals surface area contributed by atoms with Crippen molar-refractivity contribution in [2.75, 3.05) is 6.61 Å². The molecule has 1 aromatic heterocycles. The second-order valence-electron chi connectivity index (χ2n) is 4.62. The second kappa shape index (κ2) is 8.19. The molecule has 0 atom stereocenters. The van der Waals surface area contributed by atoms with Gasteiger partial charge in [0.2, 0.25) is 0 Å². The van der Waals surface area contributed by atoms with Crippen molar-refractivity contribution in [2.45, 2.75) is 20.1 Å².